The second-order valence-electron chi connectivity index (χ2n) is 8.91. The molecule has 0 saturated carbocycles. The number of thioether (sulfide) groups is 1. The standard InChI is InChI=1S/C26H23ClF3N3O3S2/c1-26(2,15-4-9-21(29)23(10-15)36-3)24-13-32-25(33(24)17-7-5-16(28)6-8-17)37-14-19-20(27)11-18(12-22(19)30)38(31,34)35/h4-13H,14H2,1-3H3,(H2,31,34,35). The Hall–Kier alpha value is -2.99. The van der Waals surface area contributed by atoms with Gasteiger partial charge in [-0.1, -0.05) is 43.3 Å². The largest absolute Gasteiger partial charge is 0.494 e. The SMILES string of the molecule is COc1cc(C(C)(C)c2cnc(SCc3c(F)cc(S(N)(=O)=O)cc3Cl)n2-c2ccc(F)cc2)ccc1F. The smallest absolute Gasteiger partial charge is 0.238 e. The Morgan fingerprint density at radius 3 is 2.34 bits per heavy atom. The van der Waals surface area contributed by atoms with E-state index in [1.807, 2.05) is 13.8 Å². The van der Waals surface area contributed by atoms with Crippen molar-refractivity contribution in [2.75, 3.05) is 7.11 Å². The monoisotopic (exact) mass is 581 g/mol. The molecule has 0 spiro atoms. The third kappa shape index (κ3) is 5.56. The van der Waals surface area contributed by atoms with Gasteiger partial charge in [-0.05, 0) is 54.1 Å². The number of nitrogens with two attached hydrogens (primary N) is 1. The highest BCUT2D eigenvalue weighted by Gasteiger charge is 2.30. The molecule has 0 unspecified atom stereocenters. The number of benzene rings is 3. The van der Waals surface area contributed by atoms with Crippen molar-refractivity contribution in [3.63, 3.8) is 0 Å². The van der Waals surface area contributed by atoms with Gasteiger partial charge in [-0.25, -0.2) is 31.7 Å². The number of sulfonamides is 1. The highest BCUT2D eigenvalue weighted by atomic mass is 35.5. The van der Waals surface area contributed by atoms with Crippen LogP contribution in [0, 0.1) is 17.5 Å². The number of nitrogens with zero attached hydrogens (tertiary/aromatic N) is 2. The summed E-state index contributed by atoms with van der Waals surface area (Å²) in [5, 5.41) is 5.44. The fourth-order valence-corrected chi connectivity index (χ4v) is 5.93. The van der Waals surface area contributed by atoms with E-state index in [-0.39, 0.29) is 22.1 Å². The van der Waals surface area contributed by atoms with Crippen LogP contribution in [0.15, 0.2) is 70.8 Å². The van der Waals surface area contributed by atoms with Crippen molar-refractivity contribution in [3.05, 3.63) is 100 Å². The van der Waals surface area contributed by atoms with Gasteiger partial charge >= 0.3 is 0 Å². The fraction of sp³-hybridized carbons (Fsp3) is 0.192. The molecule has 0 fully saturated rings. The van der Waals surface area contributed by atoms with E-state index in [9.17, 15) is 21.6 Å². The summed E-state index contributed by atoms with van der Waals surface area (Å²) in [6.07, 6.45) is 1.64. The maximum absolute atomic E-state index is 14.8. The molecule has 0 atom stereocenters. The summed E-state index contributed by atoms with van der Waals surface area (Å²) in [6, 6.07) is 12.3. The molecule has 0 aliphatic heterocycles. The Kier molecular flexibility index (Phi) is 7.85. The molecule has 0 bridgehead atoms. The molecule has 0 aliphatic rings. The van der Waals surface area contributed by atoms with Crippen molar-refractivity contribution in [1.82, 2.24) is 9.55 Å². The van der Waals surface area contributed by atoms with Crippen LogP contribution in [0.4, 0.5) is 13.2 Å². The number of rotatable bonds is 8. The summed E-state index contributed by atoms with van der Waals surface area (Å²) < 4.78 is 72.8. The average Bonchev–Trinajstić information content (AvgIpc) is 3.28. The van der Waals surface area contributed by atoms with Gasteiger partial charge < -0.3 is 4.74 Å². The number of halogens is 4. The zero-order chi connectivity index (χ0) is 27.8. The van der Waals surface area contributed by atoms with Gasteiger partial charge in [0.05, 0.1) is 23.9 Å². The molecule has 0 aliphatic carbocycles. The molecule has 3 aromatic carbocycles. The van der Waals surface area contributed by atoms with Gasteiger partial charge in [-0.2, -0.15) is 0 Å². The van der Waals surface area contributed by atoms with Gasteiger partial charge in [0, 0.05) is 27.4 Å². The van der Waals surface area contributed by atoms with Crippen molar-refractivity contribution < 1.29 is 26.3 Å². The number of methoxy groups -OCH3 is 1. The number of ether oxygens (including phenoxy) is 1. The molecule has 0 saturated heterocycles. The van der Waals surface area contributed by atoms with E-state index in [4.69, 9.17) is 21.5 Å². The molecular weight excluding hydrogens is 559 g/mol. The third-order valence-electron chi connectivity index (χ3n) is 6.12. The van der Waals surface area contributed by atoms with E-state index in [1.165, 1.54) is 25.3 Å². The molecule has 4 aromatic rings. The number of hydrogen-bond donors (Lipinski definition) is 1. The first-order chi connectivity index (χ1) is 17.8. The number of aromatic nitrogens is 2. The van der Waals surface area contributed by atoms with Crippen molar-refractivity contribution in [2.24, 2.45) is 5.14 Å². The third-order valence-corrected chi connectivity index (χ3v) is 8.33. The normalized spacial score (nSPS) is 12.1. The first-order valence-corrected chi connectivity index (χ1v) is 14.1. The Bertz CT molecular complexity index is 1580. The molecule has 1 aromatic heterocycles. The van der Waals surface area contributed by atoms with E-state index in [0.29, 0.717) is 16.5 Å². The van der Waals surface area contributed by atoms with Gasteiger partial charge in [0.15, 0.2) is 16.7 Å². The summed E-state index contributed by atoms with van der Waals surface area (Å²) in [6.45, 7) is 3.85. The minimum atomic E-state index is -4.14. The summed E-state index contributed by atoms with van der Waals surface area (Å²) in [7, 11) is -2.75. The van der Waals surface area contributed by atoms with E-state index in [2.05, 4.69) is 4.98 Å². The molecule has 12 heteroatoms. The van der Waals surface area contributed by atoms with Crippen LogP contribution in [0.2, 0.25) is 5.02 Å². The van der Waals surface area contributed by atoms with E-state index < -0.39 is 37.8 Å². The van der Waals surface area contributed by atoms with E-state index in [0.717, 1.165) is 29.5 Å². The van der Waals surface area contributed by atoms with E-state index >= 15 is 0 Å². The van der Waals surface area contributed by atoms with Crippen molar-refractivity contribution in [2.45, 2.75) is 35.1 Å². The highest BCUT2D eigenvalue weighted by Crippen LogP contribution is 2.39. The van der Waals surface area contributed by atoms with Gasteiger partial charge in [-0.15, -0.1) is 0 Å². The van der Waals surface area contributed by atoms with Gasteiger partial charge in [-0.3, -0.25) is 4.57 Å². The highest BCUT2D eigenvalue weighted by molar-refractivity contribution is 7.98. The van der Waals surface area contributed by atoms with Crippen LogP contribution in [0.25, 0.3) is 5.69 Å². The lowest BCUT2D eigenvalue weighted by atomic mass is 9.81. The predicted octanol–water partition coefficient (Wildman–Crippen LogP) is 6.22. The average molecular weight is 582 g/mol. The Balaban J connectivity index is 1.78. The Labute approximate surface area is 227 Å². The van der Waals surface area contributed by atoms with Crippen LogP contribution < -0.4 is 9.88 Å². The van der Waals surface area contributed by atoms with Crippen LogP contribution in [-0.2, 0) is 21.2 Å². The predicted molar refractivity (Wildman–Crippen MR) is 141 cm³/mol. The van der Waals surface area contributed by atoms with Gasteiger partial charge in [0.1, 0.15) is 11.6 Å². The first-order valence-electron chi connectivity index (χ1n) is 11.1. The second kappa shape index (κ2) is 10.6. The van der Waals surface area contributed by atoms with Gasteiger partial charge in [0.25, 0.3) is 0 Å². The number of primary sulfonamides is 1. The molecule has 1 heterocycles. The Morgan fingerprint density at radius 1 is 1.05 bits per heavy atom. The van der Waals surface area contributed by atoms with Gasteiger partial charge in [0.2, 0.25) is 10.0 Å². The maximum atomic E-state index is 14.8. The maximum Gasteiger partial charge on any atom is 0.238 e. The zero-order valence-electron chi connectivity index (χ0n) is 20.5. The molecule has 38 heavy (non-hydrogen) atoms. The summed E-state index contributed by atoms with van der Waals surface area (Å²) in [4.78, 5) is 4.11. The summed E-state index contributed by atoms with van der Waals surface area (Å²) in [5.41, 5.74) is 1.38. The number of hydrogen-bond acceptors (Lipinski definition) is 5. The van der Waals surface area contributed by atoms with Crippen LogP contribution >= 0.6 is 23.4 Å². The van der Waals surface area contributed by atoms with Crippen LogP contribution in [0.3, 0.4) is 0 Å². The minimum absolute atomic E-state index is 0.0119. The van der Waals surface area contributed by atoms with Crippen LogP contribution in [0.1, 0.15) is 30.7 Å². The number of imidazole rings is 1. The molecule has 200 valence electrons. The van der Waals surface area contributed by atoms with Crippen molar-refractivity contribution >= 4 is 33.4 Å². The fourth-order valence-electron chi connectivity index (χ4n) is 3.93. The topological polar surface area (TPSA) is 87.2 Å². The van der Waals surface area contributed by atoms with Crippen molar-refractivity contribution in [3.8, 4) is 11.4 Å². The van der Waals surface area contributed by atoms with Crippen LogP contribution in [0.5, 0.6) is 5.75 Å². The lowest BCUT2D eigenvalue weighted by molar-refractivity contribution is 0.384. The molecule has 0 amide bonds. The van der Waals surface area contributed by atoms with Crippen LogP contribution in [-0.4, -0.2) is 25.1 Å². The lowest BCUT2D eigenvalue weighted by Crippen LogP contribution is -2.23. The molecule has 0 radical (unpaired) electrons. The molecular formula is C26H23ClF3N3O3S2. The second-order valence-corrected chi connectivity index (χ2v) is 11.8. The molecule has 4 rings (SSSR count). The Morgan fingerprint density at radius 2 is 1.74 bits per heavy atom. The minimum Gasteiger partial charge on any atom is -0.494 e. The summed E-state index contributed by atoms with van der Waals surface area (Å²) in [5.74, 6) is -1.64. The molecule has 6 nitrogen and oxygen atoms in total. The quantitative estimate of drug-likeness (QED) is 0.250. The summed E-state index contributed by atoms with van der Waals surface area (Å²) >= 11 is 7.35. The molecule has 2 N–H and O–H groups in total. The first kappa shape index (κ1) is 28.0. The van der Waals surface area contributed by atoms with E-state index in [1.54, 1.807) is 35.0 Å². The van der Waals surface area contributed by atoms with Crippen molar-refractivity contribution in [1.29, 1.82) is 0 Å². The zero-order valence-corrected chi connectivity index (χ0v) is 22.9. The lowest BCUT2D eigenvalue weighted by Gasteiger charge is -2.28.